The van der Waals surface area contributed by atoms with Crippen molar-refractivity contribution in [1.29, 1.82) is 0 Å². The van der Waals surface area contributed by atoms with E-state index in [0.29, 0.717) is 0 Å². The highest BCUT2D eigenvalue weighted by atomic mass is 16.3. The van der Waals surface area contributed by atoms with E-state index < -0.39 is 0 Å². The highest BCUT2D eigenvalue weighted by molar-refractivity contribution is 6.16. The van der Waals surface area contributed by atoms with Gasteiger partial charge in [-0.3, -0.25) is 0 Å². The molecular formula is C44H34O. The average molecular weight is 579 g/mol. The van der Waals surface area contributed by atoms with E-state index in [1.54, 1.807) is 0 Å². The molecule has 0 aliphatic rings. The summed E-state index contributed by atoms with van der Waals surface area (Å²) in [6.07, 6.45) is 0. The Morgan fingerprint density at radius 2 is 0.844 bits per heavy atom. The number of benzene rings is 7. The lowest BCUT2D eigenvalue weighted by atomic mass is 9.92. The van der Waals surface area contributed by atoms with Gasteiger partial charge in [-0.15, -0.1) is 0 Å². The molecule has 0 saturated heterocycles. The van der Waals surface area contributed by atoms with E-state index in [1.165, 1.54) is 49.9 Å². The molecule has 0 atom stereocenters. The van der Waals surface area contributed by atoms with Crippen LogP contribution in [-0.4, -0.2) is 0 Å². The van der Waals surface area contributed by atoms with E-state index in [2.05, 4.69) is 159 Å². The largest absolute Gasteiger partial charge is 0.455 e. The summed E-state index contributed by atoms with van der Waals surface area (Å²) in [7, 11) is 0. The molecule has 1 nitrogen and oxygen atoms in total. The number of para-hydroxylation sites is 1. The van der Waals surface area contributed by atoms with E-state index in [0.717, 1.165) is 27.7 Å². The van der Waals surface area contributed by atoms with Gasteiger partial charge in [-0.25, -0.2) is 0 Å². The predicted octanol–water partition coefficient (Wildman–Crippen LogP) is 12.6. The summed E-state index contributed by atoms with van der Waals surface area (Å²) in [5, 5.41) is 2.31. The SMILES string of the molecule is Cc1cccc(-c2ccc(-c3cccc(-c4cccc(-c5ccccc5)c4)c3)c3oc4ccccc4c23)c1.Cc1ccccc1. The maximum absolute atomic E-state index is 6.55. The first-order chi connectivity index (χ1) is 22.1. The third-order valence-electron chi connectivity index (χ3n) is 8.27. The highest BCUT2D eigenvalue weighted by Crippen LogP contribution is 2.42. The number of aryl methyl sites for hydroxylation is 2. The molecule has 1 heterocycles. The Balaban J connectivity index is 0.000000412. The van der Waals surface area contributed by atoms with Crippen molar-refractivity contribution >= 4 is 21.9 Å². The summed E-state index contributed by atoms with van der Waals surface area (Å²) in [6, 6.07) is 59.8. The van der Waals surface area contributed by atoms with Crippen LogP contribution in [0.1, 0.15) is 11.1 Å². The molecule has 1 aromatic heterocycles. The molecular weight excluding hydrogens is 544 g/mol. The van der Waals surface area contributed by atoms with Crippen LogP contribution in [0.2, 0.25) is 0 Å². The molecule has 0 fully saturated rings. The van der Waals surface area contributed by atoms with Crippen LogP contribution in [0.5, 0.6) is 0 Å². The first-order valence-corrected chi connectivity index (χ1v) is 15.4. The Morgan fingerprint density at radius 3 is 1.51 bits per heavy atom. The molecule has 0 radical (unpaired) electrons. The van der Waals surface area contributed by atoms with Gasteiger partial charge in [0, 0.05) is 16.3 Å². The van der Waals surface area contributed by atoms with E-state index in [4.69, 9.17) is 4.42 Å². The average Bonchev–Trinajstić information content (AvgIpc) is 3.49. The van der Waals surface area contributed by atoms with Gasteiger partial charge in [0.25, 0.3) is 0 Å². The van der Waals surface area contributed by atoms with Gasteiger partial charge in [-0.05, 0) is 77.1 Å². The predicted molar refractivity (Wildman–Crippen MR) is 191 cm³/mol. The highest BCUT2D eigenvalue weighted by Gasteiger charge is 2.17. The smallest absolute Gasteiger partial charge is 0.143 e. The quantitative estimate of drug-likeness (QED) is 0.202. The van der Waals surface area contributed by atoms with Crippen molar-refractivity contribution in [3.8, 4) is 44.5 Å². The van der Waals surface area contributed by atoms with Crippen molar-refractivity contribution in [2.24, 2.45) is 0 Å². The van der Waals surface area contributed by atoms with Crippen molar-refractivity contribution in [2.75, 3.05) is 0 Å². The molecule has 0 aliphatic carbocycles. The molecule has 1 heteroatoms. The Morgan fingerprint density at radius 1 is 0.356 bits per heavy atom. The van der Waals surface area contributed by atoms with Crippen molar-refractivity contribution in [2.45, 2.75) is 13.8 Å². The van der Waals surface area contributed by atoms with Crippen LogP contribution in [0, 0.1) is 13.8 Å². The van der Waals surface area contributed by atoms with E-state index >= 15 is 0 Å². The molecule has 0 bridgehead atoms. The molecule has 0 amide bonds. The Hall–Kier alpha value is -5.66. The molecule has 8 aromatic rings. The third-order valence-corrected chi connectivity index (χ3v) is 8.27. The maximum atomic E-state index is 6.55. The molecule has 45 heavy (non-hydrogen) atoms. The zero-order chi connectivity index (χ0) is 30.6. The topological polar surface area (TPSA) is 13.1 Å². The first-order valence-electron chi connectivity index (χ1n) is 15.4. The van der Waals surface area contributed by atoms with Gasteiger partial charge in [0.05, 0.1) is 0 Å². The third kappa shape index (κ3) is 5.94. The Bertz CT molecular complexity index is 2220. The molecule has 0 N–H and O–H groups in total. The minimum atomic E-state index is 0.913. The number of hydrogen-bond acceptors (Lipinski definition) is 1. The zero-order valence-electron chi connectivity index (χ0n) is 25.6. The van der Waals surface area contributed by atoms with Crippen LogP contribution < -0.4 is 0 Å². The maximum Gasteiger partial charge on any atom is 0.143 e. The first kappa shape index (κ1) is 28.1. The summed E-state index contributed by atoms with van der Waals surface area (Å²) in [5.41, 5.74) is 13.9. The fourth-order valence-corrected chi connectivity index (χ4v) is 6.02. The second-order valence-electron chi connectivity index (χ2n) is 11.5. The lowest BCUT2D eigenvalue weighted by Crippen LogP contribution is -1.86. The monoisotopic (exact) mass is 578 g/mol. The Labute approximate surface area is 265 Å². The van der Waals surface area contributed by atoms with Crippen LogP contribution in [0.3, 0.4) is 0 Å². The molecule has 0 aliphatic heterocycles. The molecule has 7 aromatic carbocycles. The Kier molecular flexibility index (Phi) is 7.83. The summed E-state index contributed by atoms with van der Waals surface area (Å²) in [5.74, 6) is 0. The van der Waals surface area contributed by atoms with Gasteiger partial charge in [0.15, 0.2) is 0 Å². The fraction of sp³-hybridized carbons (Fsp3) is 0.0455. The van der Waals surface area contributed by atoms with Gasteiger partial charge in [-0.2, -0.15) is 0 Å². The van der Waals surface area contributed by atoms with Gasteiger partial charge in [0.1, 0.15) is 11.2 Å². The van der Waals surface area contributed by atoms with Crippen molar-refractivity contribution < 1.29 is 4.42 Å². The molecule has 8 rings (SSSR count). The summed E-state index contributed by atoms with van der Waals surface area (Å²) in [6.45, 7) is 4.22. The van der Waals surface area contributed by atoms with Gasteiger partial charge >= 0.3 is 0 Å². The van der Waals surface area contributed by atoms with Gasteiger partial charge in [0.2, 0.25) is 0 Å². The second kappa shape index (κ2) is 12.5. The summed E-state index contributed by atoms with van der Waals surface area (Å²) >= 11 is 0. The second-order valence-corrected chi connectivity index (χ2v) is 11.5. The van der Waals surface area contributed by atoms with Crippen LogP contribution in [0.4, 0.5) is 0 Å². The fourth-order valence-electron chi connectivity index (χ4n) is 6.02. The molecule has 0 saturated carbocycles. The van der Waals surface area contributed by atoms with Crippen LogP contribution in [0.25, 0.3) is 66.4 Å². The van der Waals surface area contributed by atoms with Crippen LogP contribution in [0.15, 0.2) is 174 Å². The van der Waals surface area contributed by atoms with Crippen molar-refractivity contribution in [3.63, 3.8) is 0 Å². The minimum absolute atomic E-state index is 0.913. The van der Waals surface area contributed by atoms with Crippen LogP contribution >= 0.6 is 0 Å². The van der Waals surface area contributed by atoms with Gasteiger partial charge in [-0.1, -0.05) is 157 Å². The van der Waals surface area contributed by atoms with Crippen molar-refractivity contribution in [3.05, 3.63) is 181 Å². The van der Waals surface area contributed by atoms with E-state index in [1.807, 2.05) is 24.3 Å². The van der Waals surface area contributed by atoms with E-state index in [-0.39, 0.29) is 0 Å². The van der Waals surface area contributed by atoms with Crippen LogP contribution in [-0.2, 0) is 0 Å². The normalized spacial score (nSPS) is 10.9. The number of hydrogen-bond donors (Lipinski definition) is 0. The number of furan rings is 1. The minimum Gasteiger partial charge on any atom is -0.455 e. The zero-order valence-corrected chi connectivity index (χ0v) is 25.6. The lowest BCUT2D eigenvalue weighted by Gasteiger charge is -2.11. The standard InChI is InChI=1S/C37H26O.C7H8/c1-25-10-7-16-30(22-25)32-20-21-33(37-36(32)34-18-5-6-19-35(34)38-37)31-17-9-15-29(24-31)28-14-8-13-27(23-28)26-11-3-2-4-12-26;1-7-5-3-2-4-6-7/h2-24H,1H3;2-6H,1H3. The van der Waals surface area contributed by atoms with Gasteiger partial charge < -0.3 is 4.42 Å². The summed E-state index contributed by atoms with van der Waals surface area (Å²) in [4.78, 5) is 0. The van der Waals surface area contributed by atoms with Crippen molar-refractivity contribution in [1.82, 2.24) is 0 Å². The molecule has 0 unspecified atom stereocenters. The number of fused-ring (bicyclic) bond motifs is 3. The van der Waals surface area contributed by atoms with E-state index in [9.17, 15) is 0 Å². The lowest BCUT2D eigenvalue weighted by molar-refractivity contribution is 0.670. The number of rotatable bonds is 4. The summed E-state index contributed by atoms with van der Waals surface area (Å²) < 4.78 is 6.55. The molecule has 216 valence electrons. The molecule has 0 spiro atoms.